The van der Waals surface area contributed by atoms with E-state index in [9.17, 15) is 4.79 Å². The molecule has 4 rings (SSSR count). The van der Waals surface area contributed by atoms with Crippen molar-refractivity contribution in [3.05, 3.63) is 60.4 Å². The number of carbonyl (C=O) groups is 1. The number of carbonyl (C=O) groups excluding carboxylic acids is 1. The third-order valence-electron chi connectivity index (χ3n) is 4.92. The molecule has 0 spiro atoms. The summed E-state index contributed by atoms with van der Waals surface area (Å²) in [6.07, 6.45) is 3.89. The summed E-state index contributed by atoms with van der Waals surface area (Å²) in [6.45, 7) is 2.68. The number of fused-ring (bicyclic) bond motifs is 1. The van der Waals surface area contributed by atoms with Crippen LogP contribution in [-0.2, 0) is 17.8 Å². The highest BCUT2D eigenvalue weighted by molar-refractivity contribution is 5.94. The van der Waals surface area contributed by atoms with Crippen LogP contribution >= 0.6 is 0 Å². The molecule has 1 N–H and O–H groups in total. The van der Waals surface area contributed by atoms with Crippen molar-refractivity contribution >= 4 is 11.6 Å². The second-order valence-electron chi connectivity index (χ2n) is 7.05. The summed E-state index contributed by atoms with van der Waals surface area (Å²) in [7, 11) is 0. The Bertz CT molecular complexity index is 952. The van der Waals surface area contributed by atoms with Gasteiger partial charge in [0.2, 0.25) is 0 Å². The number of aryl methyl sites for hydroxylation is 1. The van der Waals surface area contributed by atoms with Crippen molar-refractivity contribution < 1.29 is 9.53 Å². The molecule has 144 valence electrons. The van der Waals surface area contributed by atoms with Gasteiger partial charge in [-0.3, -0.25) is 4.79 Å². The molecule has 0 saturated carbocycles. The maximum absolute atomic E-state index is 12.5. The first kappa shape index (κ1) is 18.2. The number of aromatic nitrogens is 3. The van der Waals surface area contributed by atoms with Crippen molar-refractivity contribution in [2.24, 2.45) is 0 Å². The van der Waals surface area contributed by atoms with Crippen LogP contribution in [0.5, 0.6) is 5.75 Å². The van der Waals surface area contributed by atoms with Crippen molar-refractivity contribution in [3.63, 3.8) is 0 Å². The Labute approximate surface area is 164 Å². The largest absolute Gasteiger partial charge is 0.481 e. The molecule has 1 atom stereocenters. The molecule has 1 aliphatic heterocycles. The van der Waals surface area contributed by atoms with Crippen LogP contribution < -0.4 is 10.1 Å². The summed E-state index contributed by atoms with van der Waals surface area (Å²) in [5, 5.41) is 11.7. The molecule has 2 aromatic carbocycles. The second kappa shape index (κ2) is 8.25. The smallest absolute Gasteiger partial charge is 0.265 e. The number of rotatable bonds is 5. The molecule has 0 radical (unpaired) electrons. The van der Waals surface area contributed by atoms with Crippen LogP contribution in [0.25, 0.3) is 11.4 Å². The minimum atomic E-state index is -0.601. The molecule has 1 aromatic heterocycles. The van der Waals surface area contributed by atoms with Crippen LogP contribution in [0.2, 0.25) is 0 Å². The summed E-state index contributed by atoms with van der Waals surface area (Å²) in [5.74, 6) is 2.39. The number of nitrogens with zero attached hydrogens (tertiary/aromatic N) is 3. The van der Waals surface area contributed by atoms with Gasteiger partial charge in [-0.25, -0.2) is 0 Å². The topological polar surface area (TPSA) is 69.0 Å². The minimum Gasteiger partial charge on any atom is -0.481 e. The Kier molecular flexibility index (Phi) is 5.37. The minimum absolute atomic E-state index is 0.193. The van der Waals surface area contributed by atoms with E-state index in [1.54, 1.807) is 6.92 Å². The van der Waals surface area contributed by atoms with Crippen LogP contribution in [0.3, 0.4) is 0 Å². The van der Waals surface area contributed by atoms with E-state index in [0.29, 0.717) is 5.75 Å². The zero-order valence-electron chi connectivity index (χ0n) is 16.0. The van der Waals surface area contributed by atoms with Gasteiger partial charge in [0.1, 0.15) is 11.6 Å². The van der Waals surface area contributed by atoms with Gasteiger partial charge < -0.3 is 14.6 Å². The van der Waals surface area contributed by atoms with E-state index in [-0.39, 0.29) is 5.91 Å². The third-order valence-corrected chi connectivity index (χ3v) is 4.92. The predicted molar refractivity (Wildman–Crippen MR) is 108 cm³/mol. The summed E-state index contributed by atoms with van der Waals surface area (Å²) in [6, 6.07) is 17.1. The van der Waals surface area contributed by atoms with Crippen molar-refractivity contribution in [1.29, 1.82) is 0 Å². The fourth-order valence-corrected chi connectivity index (χ4v) is 3.44. The zero-order chi connectivity index (χ0) is 19.3. The lowest BCUT2D eigenvalue weighted by Crippen LogP contribution is -2.30. The molecular weight excluding hydrogens is 352 g/mol. The number of nitrogens with one attached hydrogen (secondary N) is 1. The molecule has 6 nitrogen and oxygen atoms in total. The van der Waals surface area contributed by atoms with Gasteiger partial charge in [0, 0.05) is 24.2 Å². The molecule has 0 bridgehead atoms. The molecule has 1 unspecified atom stereocenters. The van der Waals surface area contributed by atoms with Gasteiger partial charge in [-0.2, -0.15) is 0 Å². The van der Waals surface area contributed by atoms with Gasteiger partial charge >= 0.3 is 0 Å². The summed E-state index contributed by atoms with van der Waals surface area (Å²) >= 11 is 0. The third kappa shape index (κ3) is 4.06. The number of hydrogen-bond acceptors (Lipinski definition) is 4. The zero-order valence-corrected chi connectivity index (χ0v) is 16.0. The SMILES string of the molecule is CC(Oc1ccccc1)C(=O)Nc1cccc(-c2nnc3n2CCCCC3)c1. The summed E-state index contributed by atoms with van der Waals surface area (Å²) in [4.78, 5) is 12.5. The van der Waals surface area contributed by atoms with E-state index in [4.69, 9.17) is 4.74 Å². The first-order chi connectivity index (χ1) is 13.7. The first-order valence-corrected chi connectivity index (χ1v) is 9.76. The Morgan fingerprint density at radius 3 is 2.79 bits per heavy atom. The number of amides is 1. The quantitative estimate of drug-likeness (QED) is 0.729. The Morgan fingerprint density at radius 1 is 1.07 bits per heavy atom. The molecule has 6 heteroatoms. The number of para-hydroxylation sites is 1. The fourth-order valence-electron chi connectivity index (χ4n) is 3.44. The van der Waals surface area contributed by atoms with Gasteiger partial charge in [0.15, 0.2) is 11.9 Å². The van der Waals surface area contributed by atoms with Crippen molar-refractivity contribution in [1.82, 2.24) is 14.8 Å². The van der Waals surface area contributed by atoms with Crippen molar-refractivity contribution in [2.75, 3.05) is 5.32 Å². The Hall–Kier alpha value is -3.15. The van der Waals surface area contributed by atoms with Gasteiger partial charge in [-0.1, -0.05) is 36.8 Å². The van der Waals surface area contributed by atoms with Gasteiger partial charge in [-0.05, 0) is 44.0 Å². The average Bonchev–Trinajstić information content (AvgIpc) is 2.97. The maximum atomic E-state index is 12.5. The Balaban J connectivity index is 1.48. The molecule has 2 heterocycles. The maximum Gasteiger partial charge on any atom is 0.265 e. The summed E-state index contributed by atoms with van der Waals surface area (Å²) in [5.41, 5.74) is 1.67. The van der Waals surface area contributed by atoms with Crippen LogP contribution in [0.1, 0.15) is 32.0 Å². The molecule has 3 aromatic rings. The predicted octanol–water partition coefficient (Wildman–Crippen LogP) is 4.08. The van der Waals surface area contributed by atoms with Crippen LogP contribution in [-0.4, -0.2) is 26.8 Å². The molecule has 0 saturated heterocycles. The van der Waals surface area contributed by atoms with E-state index < -0.39 is 6.10 Å². The molecular formula is C22H24N4O2. The molecule has 1 aliphatic rings. The number of benzene rings is 2. The van der Waals surface area contributed by atoms with Gasteiger partial charge in [-0.15, -0.1) is 10.2 Å². The standard InChI is InChI=1S/C22H24N4O2/c1-16(28-19-11-4-2-5-12-19)22(27)23-18-10-8-9-17(15-18)21-25-24-20-13-6-3-7-14-26(20)21/h2,4-5,8-12,15-16H,3,6-7,13-14H2,1H3,(H,23,27). The summed E-state index contributed by atoms with van der Waals surface area (Å²) < 4.78 is 7.90. The lowest BCUT2D eigenvalue weighted by molar-refractivity contribution is -0.122. The van der Waals surface area contributed by atoms with Crippen molar-refractivity contribution in [2.45, 2.75) is 45.3 Å². The first-order valence-electron chi connectivity index (χ1n) is 9.76. The average molecular weight is 376 g/mol. The fraction of sp³-hybridized carbons (Fsp3) is 0.318. The lowest BCUT2D eigenvalue weighted by atomic mass is 10.1. The van der Waals surface area contributed by atoms with E-state index in [0.717, 1.165) is 48.7 Å². The highest BCUT2D eigenvalue weighted by Crippen LogP contribution is 2.25. The van der Waals surface area contributed by atoms with E-state index in [1.807, 2.05) is 54.6 Å². The van der Waals surface area contributed by atoms with Crippen LogP contribution in [0.15, 0.2) is 54.6 Å². The second-order valence-corrected chi connectivity index (χ2v) is 7.05. The number of hydrogen-bond donors (Lipinski definition) is 1. The molecule has 1 amide bonds. The molecule has 0 fully saturated rings. The van der Waals surface area contributed by atoms with E-state index in [2.05, 4.69) is 20.1 Å². The Morgan fingerprint density at radius 2 is 1.93 bits per heavy atom. The van der Waals surface area contributed by atoms with Crippen LogP contribution in [0.4, 0.5) is 5.69 Å². The highest BCUT2D eigenvalue weighted by Gasteiger charge is 2.18. The molecule has 0 aliphatic carbocycles. The lowest BCUT2D eigenvalue weighted by Gasteiger charge is -2.15. The normalized spacial score (nSPS) is 14.6. The van der Waals surface area contributed by atoms with Crippen LogP contribution in [0, 0.1) is 0 Å². The number of ether oxygens (including phenoxy) is 1. The molecule has 28 heavy (non-hydrogen) atoms. The van der Waals surface area contributed by atoms with Crippen molar-refractivity contribution in [3.8, 4) is 17.1 Å². The van der Waals surface area contributed by atoms with Gasteiger partial charge in [0.05, 0.1) is 0 Å². The van der Waals surface area contributed by atoms with E-state index >= 15 is 0 Å². The number of anilines is 1. The highest BCUT2D eigenvalue weighted by atomic mass is 16.5. The monoisotopic (exact) mass is 376 g/mol. The van der Waals surface area contributed by atoms with E-state index in [1.165, 1.54) is 6.42 Å². The van der Waals surface area contributed by atoms with Gasteiger partial charge in [0.25, 0.3) is 5.91 Å².